The molecule has 5 nitrogen and oxygen atoms in total. The number of methoxy groups -OCH3 is 1. The molecule has 0 fully saturated rings. The first-order valence-electron chi connectivity index (χ1n) is 8.26. The van der Waals surface area contributed by atoms with Crippen LogP contribution in [-0.4, -0.2) is 29.4 Å². The molecule has 0 unspecified atom stereocenters. The number of hydrogen-bond acceptors (Lipinski definition) is 3. The van der Waals surface area contributed by atoms with Crippen LogP contribution in [0.25, 0.3) is 0 Å². The topological polar surface area (TPSA) is 62.4 Å². The summed E-state index contributed by atoms with van der Waals surface area (Å²) >= 11 is 6.41. The Morgan fingerprint density at radius 1 is 1.28 bits per heavy atom. The molecule has 0 spiro atoms. The van der Waals surface area contributed by atoms with Crippen LogP contribution in [-0.2, 0) is 13.0 Å². The number of halogens is 1. The molecule has 1 aromatic heterocycles. The van der Waals surface area contributed by atoms with E-state index in [0.717, 1.165) is 29.7 Å². The highest BCUT2D eigenvalue weighted by Gasteiger charge is 2.27. The predicted octanol–water partition coefficient (Wildman–Crippen LogP) is 3.24. The number of hydrogen-bond donors (Lipinski definition) is 1. The van der Waals surface area contributed by atoms with Gasteiger partial charge in [0.15, 0.2) is 0 Å². The second-order valence-electron chi connectivity index (χ2n) is 6.39. The first-order chi connectivity index (χ1) is 11.9. The fraction of sp³-hybridized carbons (Fsp3) is 0.368. The number of amides is 1. The van der Waals surface area contributed by atoms with E-state index in [1.165, 1.54) is 7.11 Å². The summed E-state index contributed by atoms with van der Waals surface area (Å²) in [5, 5.41) is 0.339. The third-order valence-electron chi connectivity index (χ3n) is 4.63. The summed E-state index contributed by atoms with van der Waals surface area (Å²) in [6, 6.07) is 5.60. The summed E-state index contributed by atoms with van der Waals surface area (Å²) in [6.07, 6.45) is 1.59. The lowest BCUT2D eigenvalue weighted by atomic mass is 10.0. The van der Waals surface area contributed by atoms with E-state index in [2.05, 4.69) is 4.98 Å². The lowest BCUT2D eigenvalue weighted by Crippen LogP contribution is -2.33. The highest BCUT2D eigenvalue weighted by Crippen LogP contribution is 2.34. The number of pyridine rings is 1. The molecule has 1 aliphatic heterocycles. The Kier molecular flexibility index (Phi) is 4.86. The van der Waals surface area contributed by atoms with Crippen molar-refractivity contribution in [1.82, 2.24) is 9.88 Å². The molecule has 2 heterocycles. The number of nitrogens with one attached hydrogen (secondary N) is 1. The van der Waals surface area contributed by atoms with Gasteiger partial charge in [-0.05, 0) is 49.9 Å². The second-order valence-corrected chi connectivity index (χ2v) is 6.77. The van der Waals surface area contributed by atoms with Gasteiger partial charge in [0, 0.05) is 17.8 Å². The largest absolute Gasteiger partial charge is 0.495 e. The van der Waals surface area contributed by atoms with Crippen LogP contribution in [0.1, 0.15) is 39.2 Å². The molecule has 0 bridgehead atoms. The Morgan fingerprint density at radius 2 is 2.04 bits per heavy atom. The maximum atomic E-state index is 13.1. The highest BCUT2D eigenvalue weighted by molar-refractivity contribution is 6.35. The summed E-state index contributed by atoms with van der Waals surface area (Å²) in [4.78, 5) is 29.9. The van der Waals surface area contributed by atoms with Gasteiger partial charge in [-0.1, -0.05) is 17.7 Å². The quantitative estimate of drug-likeness (QED) is 0.914. The third-order valence-corrected chi connectivity index (χ3v) is 5.01. The van der Waals surface area contributed by atoms with Crippen LogP contribution in [0.15, 0.2) is 23.0 Å². The molecule has 2 aromatic rings. The Balaban J connectivity index is 2.00. The SMILES string of the molecule is COc1ccc2c(c1Cl)C(=O)N(Cc1c(C)cc(C)[nH]c1=O)CCC2. The van der Waals surface area contributed by atoms with Gasteiger partial charge in [0.2, 0.25) is 0 Å². The molecule has 1 aliphatic rings. The van der Waals surface area contributed by atoms with Gasteiger partial charge in [-0.3, -0.25) is 9.59 Å². The Labute approximate surface area is 151 Å². The standard InChI is InChI=1S/C19H21ClN2O3/c1-11-9-12(2)21-18(23)14(11)10-22-8-4-5-13-6-7-15(25-3)17(20)16(13)19(22)24/h6-7,9H,4-5,8,10H2,1-3H3,(H,21,23). The van der Waals surface area contributed by atoms with Gasteiger partial charge >= 0.3 is 0 Å². The van der Waals surface area contributed by atoms with E-state index in [9.17, 15) is 9.59 Å². The van der Waals surface area contributed by atoms with E-state index < -0.39 is 0 Å². The predicted molar refractivity (Wildman–Crippen MR) is 97.6 cm³/mol. The second kappa shape index (κ2) is 6.92. The lowest BCUT2D eigenvalue weighted by Gasteiger charge is -2.22. The summed E-state index contributed by atoms with van der Waals surface area (Å²) in [5.74, 6) is 0.329. The number of rotatable bonds is 3. The number of aromatic amines is 1. The smallest absolute Gasteiger partial charge is 0.256 e. The van der Waals surface area contributed by atoms with Gasteiger partial charge in [-0.25, -0.2) is 0 Å². The average molecular weight is 361 g/mol. The third kappa shape index (κ3) is 3.29. The van der Waals surface area contributed by atoms with Crippen molar-refractivity contribution in [1.29, 1.82) is 0 Å². The van der Waals surface area contributed by atoms with Crippen molar-refractivity contribution in [3.63, 3.8) is 0 Å². The van der Waals surface area contributed by atoms with Crippen molar-refractivity contribution >= 4 is 17.5 Å². The minimum Gasteiger partial charge on any atom is -0.495 e. The van der Waals surface area contributed by atoms with Crippen LogP contribution < -0.4 is 10.3 Å². The minimum absolute atomic E-state index is 0.147. The molecule has 0 saturated carbocycles. The number of H-pyrrole nitrogens is 1. The zero-order valence-corrected chi connectivity index (χ0v) is 15.4. The zero-order valence-electron chi connectivity index (χ0n) is 14.6. The monoisotopic (exact) mass is 360 g/mol. The fourth-order valence-corrected chi connectivity index (χ4v) is 3.68. The van der Waals surface area contributed by atoms with Crippen LogP contribution in [0.3, 0.4) is 0 Å². The molecular formula is C19H21ClN2O3. The molecule has 25 heavy (non-hydrogen) atoms. The Bertz CT molecular complexity index is 889. The van der Waals surface area contributed by atoms with Gasteiger partial charge < -0.3 is 14.6 Å². The molecule has 6 heteroatoms. The average Bonchev–Trinajstić information content (AvgIpc) is 2.71. The molecule has 0 atom stereocenters. The van der Waals surface area contributed by atoms with Gasteiger partial charge in [0.1, 0.15) is 5.75 Å². The summed E-state index contributed by atoms with van der Waals surface area (Å²) in [5.41, 5.74) is 3.57. The van der Waals surface area contributed by atoms with Gasteiger partial charge in [0.25, 0.3) is 11.5 Å². The number of carbonyl (C=O) groups excluding carboxylic acids is 1. The number of aryl methyl sites for hydroxylation is 3. The van der Waals surface area contributed by atoms with Crippen molar-refractivity contribution in [3.05, 3.63) is 61.5 Å². The van der Waals surface area contributed by atoms with E-state index >= 15 is 0 Å². The van der Waals surface area contributed by atoms with Crippen molar-refractivity contribution in [2.75, 3.05) is 13.7 Å². The van der Waals surface area contributed by atoms with E-state index in [0.29, 0.717) is 28.4 Å². The van der Waals surface area contributed by atoms with Gasteiger partial charge in [-0.2, -0.15) is 0 Å². The number of nitrogens with zero attached hydrogens (tertiary/aromatic N) is 1. The highest BCUT2D eigenvalue weighted by atomic mass is 35.5. The van der Waals surface area contributed by atoms with E-state index in [1.807, 2.05) is 26.0 Å². The van der Waals surface area contributed by atoms with E-state index in [4.69, 9.17) is 16.3 Å². The molecule has 1 aromatic carbocycles. The first kappa shape index (κ1) is 17.5. The molecule has 132 valence electrons. The van der Waals surface area contributed by atoms with Crippen LogP contribution in [0, 0.1) is 13.8 Å². The molecule has 0 saturated heterocycles. The van der Waals surface area contributed by atoms with Crippen molar-refractivity contribution in [2.24, 2.45) is 0 Å². The number of benzene rings is 1. The van der Waals surface area contributed by atoms with Gasteiger partial charge in [0.05, 0.1) is 24.2 Å². The zero-order chi connectivity index (χ0) is 18.1. The summed E-state index contributed by atoms with van der Waals surface area (Å²) < 4.78 is 5.25. The first-order valence-corrected chi connectivity index (χ1v) is 8.64. The van der Waals surface area contributed by atoms with E-state index in [-0.39, 0.29) is 18.0 Å². The summed E-state index contributed by atoms with van der Waals surface area (Å²) in [7, 11) is 1.53. The van der Waals surface area contributed by atoms with Crippen molar-refractivity contribution < 1.29 is 9.53 Å². The van der Waals surface area contributed by atoms with Crippen LogP contribution in [0.4, 0.5) is 0 Å². The molecule has 3 rings (SSSR count). The van der Waals surface area contributed by atoms with E-state index in [1.54, 1.807) is 11.0 Å². The number of carbonyl (C=O) groups is 1. The number of aromatic nitrogens is 1. The lowest BCUT2D eigenvalue weighted by molar-refractivity contribution is 0.0748. The van der Waals surface area contributed by atoms with Crippen LogP contribution in [0.2, 0.25) is 5.02 Å². The number of fused-ring (bicyclic) bond motifs is 1. The van der Waals surface area contributed by atoms with Crippen LogP contribution >= 0.6 is 11.6 Å². The van der Waals surface area contributed by atoms with Gasteiger partial charge in [-0.15, -0.1) is 0 Å². The normalized spacial score (nSPS) is 14.2. The summed E-state index contributed by atoms with van der Waals surface area (Å²) in [6.45, 7) is 4.59. The molecule has 1 amide bonds. The Morgan fingerprint density at radius 3 is 2.72 bits per heavy atom. The number of ether oxygens (including phenoxy) is 1. The fourth-order valence-electron chi connectivity index (χ4n) is 3.33. The molecular weight excluding hydrogens is 340 g/mol. The molecule has 1 N–H and O–H groups in total. The van der Waals surface area contributed by atoms with Crippen molar-refractivity contribution in [2.45, 2.75) is 33.2 Å². The van der Waals surface area contributed by atoms with Crippen molar-refractivity contribution in [3.8, 4) is 5.75 Å². The Hall–Kier alpha value is -2.27. The minimum atomic E-state index is -0.157. The maximum Gasteiger partial charge on any atom is 0.256 e. The molecule has 0 radical (unpaired) electrons. The maximum absolute atomic E-state index is 13.1. The molecule has 0 aliphatic carbocycles. The van der Waals surface area contributed by atoms with Crippen LogP contribution in [0.5, 0.6) is 5.75 Å².